The predicted octanol–water partition coefficient (Wildman–Crippen LogP) is 4.41. The molecule has 0 spiro atoms. The van der Waals surface area contributed by atoms with E-state index in [4.69, 9.17) is 24.7 Å². The number of ether oxygens (including phenoxy) is 2. The van der Waals surface area contributed by atoms with E-state index < -0.39 is 0 Å². The molecule has 36 heavy (non-hydrogen) atoms. The smallest absolute Gasteiger partial charge is 0.145 e. The molecule has 0 saturated heterocycles. The molecule has 0 amide bonds. The van der Waals surface area contributed by atoms with Gasteiger partial charge in [0.2, 0.25) is 0 Å². The summed E-state index contributed by atoms with van der Waals surface area (Å²) in [7, 11) is 3.31. The normalized spacial score (nSPS) is 14.7. The summed E-state index contributed by atoms with van der Waals surface area (Å²) < 4.78 is 16.4. The van der Waals surface area contributed by atoms with Gasteiger partial charge in [0.1, 0.15) is 34.6 Å². The van der Waals surface area contributed by atoms with Crippen LogP contribution in [0, 0.1) is 26.7 Å². The van der Waals surface area contributed by atoms with Crippen LogP contribution in [0.2, 0.25) is 0 Å². The Morgan fingerprint density at radius 1 is 1.25 bits per heavy atom. The van der Waals surface area contributed by atoms with Crippen molar-refractivity contribution in [1.29, 1.82) is 0 Å². The quantitative estimate of drug-likeness (QED) is 0.188. The van der Waals surface area contributed by atoms with Gasteiger partial charge < -0.3 is 30.0 Å². The van der Waals surface area contributed by atoms with Gasteiger partial charge in [-0.25, -0.2) is 9.97 Å². The predicted molar refractivity (Wildman–Crippen MR) is 140 cm³/mol. The topological polar surface area (TPSA) is 136 Å². The molecule has 188 valence electrons. The van der Waals surface area contributed by atoms with E-state index in [9.17, 15) is 0 Å². The molecule has 1 saturated carbocycles. The van der Waals surface area contributed by atoms with Gasteiger partial charge in [0.25, 0.3) is 0 Å². The van der Waals surface area contributed by atoms with Crippen molar-refractivity contribution in [1.82, 2.24) is 20.1 Å². The Hall–Kier alpha value is -3.92. The van der Waals surface area contributed by atoms with Crippen molar-refractivity contribution in [2.75, 3.05) is 32.7 Å². The lowest BCUT2D eigenvalue weighted by Crippen LogP contribution is -2.16. The van der Waals surface area contributed by atoms with Gasteiger partial charge in [0, 0.05) is 29.3 Å². The van der Waals surface area contributed by atoms with E-state index in [1.807, 2.05) is 39.0 Å². The number of benzene rings is 1. The highest BCUT2D eigenvalue weighted by atomic mass is 16.5. The lowest BCUT2D eigenvalue weighted by atomic mass is 10.0. The number of aliphatic imine (C=N–C) groups is 1. The number of hydrogen-bond acceptors (Lipinski definition) is 8. The Morgan fingerprint density at radius 2 is 2.06 bits per heavy atom. The Kier molecular flexibility index (Phi) is 6.36. The maximum absolute atomic E-state index is 6.32. The fourth-order valence-corrected chi connectivity index (χ4v) is 4.45. The maximum atomic E-state index is 6.32. The molecule has 4 N–H and O–H groups in total. The zero-order valence-electron chi connectivity index (χ0n) is 21.2. The Bertz CT molecular complexity index is 1480. The lowest BCUT2D eigenvalue weighted by Gasteiger charge is -2.11. The lowest BCUT2D eigenvalue weighted by molar-refractivity contribution is 0.208. The molecule has 1 aliphatic rings. The monoisotopic (exact) mass is 489 g/mol. The number of rotatable bonds is 8. The van der Waals surface area contributed by atoms with E-state index in [2.05, 4.69) is 25.4 Å². The number of aryl methyl sites for hydroxylation is 3. The van der Waals surface area contributed by atoms with Crippen LogP contribution >= 0.6 is 0 Å². The number of H-pyrrole nitrogens is 1. The standard InChI is InChI=1S/C26H31N7O3/c1-13-23(14(2)36-33-13)18-10-20-17(11-21(18)35-5)24-25(31-20)29-15(3)30-26(24)32-22(28-8-9-34-4)12-19(27)16-6-7-16/h10-12,16H,6-9,27H2,1-5H3,(H2,28,29,30,31,32). The van der Waals surface area contributed by atoms with Crippen molar-refractivity contribution < 1.29 is 14.0 Å². The second-order valence-electron chi connectivity index (χ2n) is 9.07. The zero-order valence-corrected chi connectivity index (χ0v) is 21.2. The molecular weight excluding hydrogens is 458 g/mol. The van der Waals surface area contributed by atoms with Crippen molar-refractivity contribution in [3.05, 3.63) is 41.2 Å². The number of hydrogen-bond donors (Lipinski definition) is 3. The van der Waals surface area contributed by atoms with Gasteiger partial charge in [-0.1, -0.05) is 5.16 Å². The summed E-state index contributed by atoms with van der Waals surface area (Å²) in [6.07, 6.45) is 4.13. The molecule has 10 nitrogen and oxygen atoms in total. The molecule has 0 radical (unpaired) electrons. The van der Waals surface area contributed by atoms with E-state index >= 15 is 0 Å². The zero-order chi connectivity index (χ0) is 25.4. The third-order valence-corrected chi connectivity index (χ3v) is 6.36. The summed E-state index contributed by atoms with van der Waals surface area (Å²) in [5, 5.41) is 9.29. The Labute approximate surface area is 209 Å². The molecule has 1 aliphatic carbocycles. The molecule has 0 unspecified atom stereocenters. The number of amidine groups is 1. The first-order valence-corrected chi connectivity index (χ1v) is 12.0. The number of aromatic nitrogens is 4. The second kappa shape index (κ2) is 9.62. The molecule has 1 fully saturated rings. The molecule has 4 aromatic rings. The summed E-state index contributed by atoms with van der Waals surface area (Å²) in [6.45, 7) is 6.69. The van der Waals surface area contributed by atoms with Crippen LogP contribution in [0.15, 0.2) is 33.4 Å². The molecule has 0 aliphatic heterocycles. The summed E-state index contributed by atoms with van der Waals surface area (Å²) in [6, 6.07) is 4.04. The van der Waals surface area contributed by atoms with Crippen LogP contribution in [0.3, 0.4) is 0 Å². The third kappa shape index (κ3) is 4.51. The third-order valence-electron chi connectivity index (χ3n) is 6.36. The van der Waals surface area contributed by atoms with E-state index in [1.54, 1.807) is 14.2 Å². The van der Waals surface area contributed by atoms with E-state index in [1.165, 1.54) is 0 Å². The average Bonchev–Trinajstić information content (AvgIpc) is 3.56. The minimum Gasteiger partial charge on any atom is -0.496 e. The first-order chi connectivity index (χ1) is 17.4. The minimum atomic E-state index is 0.423. The summed E-state index contributed by atoms with van der Waals surface area (Å²) >= 11 is 0. The van der Waals surface area contributed by atoms with Crippen LogP contribution < -0.4 is 15.8 Å². The van der Waals surface area contributed by atoms with Crippen molar-refractivity contribution in [2.45, 2.75) is 33.6 Å². The first-order valence-electron chi connectivity index (χ1n) is 12.0. The second-order valence-corrected chi connectivity index (χ2v) is 9.07. The fourth-order valence-electron chi connectivity index (χ4n) is 4.45. The van der Waals surface area contributed by atoms with Gasteiger partial charge in [-0.2, -0.15) is 0 Å². The number of nitrogens with zero attached hydrogens (tertiary/aromatic N) is 4. The highest BCUT2D eigenvalue weighted by Gasteiger charge is 2.25. The Balaban J connectivity index is 1.65. The first kappa shape index (κ1) is 23.8. The molecular formula is C26H31N7O3. The van der Waals surface area contributed by atoms with Gasteiger partial charge in [-0.05, 0) is 57.7 Å². The summed E-state index contributed by atoms with van der Waals surface area (Å²) in [5.41, 5.74) is 11.4. The number of anilines is 1. The van der Waals surface area contributed by atoms with Gasteiger partial charge in [-0.3, -0.25) is 4.99 Å². The van der Waals surface area contributed by atoms with Crippen LogP contribution in [-0.4, -0.2) is 53.3 Å². The van der Waals surface area contributed by atoms with Crippen molar-refractivity contribution in [3.8, 4) is 16.9 Å². The molecule has 0 bridgehead atoms. The number of allylic oxidation sites excluding steroid dienone is 1. The molecule has 0 atom stereocenters. The van der Waals surface area contributed by atoms with Crippen molar-refractivity contribution in [2.24, 2.45) is 16.6 Å². The highest BCUT2D eigenvalue weighted by molar-refractivity contribution is 6.16. The molecule has 1 aromatic carbocycles. The van der Waals surface area contributed by atoms with Gasteiger partial charge in [0.05, 0.1) is 36.9 Å². The van der Waals surface area contributed by atoms with Crippen molar-refractivity contribution >= 4 is 33.6 Å². The number of aromatic amines is 1. The average molecular weight is 490 g/mol. The number of nitrogens with one attached hydrogen (secondary N) is 2. The van der Waals surface area contributed by atoms with E-state index in [0.29, 0.717) is 47.9 Å². The van der Waals surface area contributed by atoms with Gasteiger partial charge in [-0.15, -0.1) is 0 Å². The van der Waals surface area contributed by atoms with Crippen LogP contribution in [0.5, 0.6) is 5.75 Å². The van der Waals surface area contributed by atoms with Gasteiger partial charge >= 0.3 is 0 Å². The molecule has 3 heterocycles. The number of fused-ring (bicyclic) bond motifs is 3. The fraction of sp³-hybridized carbons (Fsp3) is 0.385. The largest absolute Gasteiger partial charge is 0.496 e. The number of methoxy groups -OCH3 is 2. The number of nitrogens with two attached hydrogens (primary N) is 1. The van der Waals surface area contributed by atoms with Crippen molar-refractivity contribution in [3.63, 3.8) is 0 Å². The summed E-state index contributed by atoms with van der Waals surface area (Å²) in [5.74, 6) is 3.78. The van der Waals surface area contributed by atoms with Crippen LogP contribution in [-0.2, 0) is 4.74 Å². The van der Waals surface area contributed by atoms with E-state index in [-0.39, 0.29) is 0 Å². The Morgan fingerprint density at radius 3 is 2.72 bits per heavy atom. The SMILES string of the molecule is COCCN=C(C=C(N)C1CC1)Nc1nc(C)nc2[nH]c3cc(-c4c(C)noc4C)c(OC)cc3c12. The maximum Gasteiger partial charge on any atom is 0.145 e. The minimum absolute atomic E-state index is 0.423. The van der Waals surface area contributed by atoms with Crippen LogP contribution in [0.1, 0.15) is 30.1 Å². The summed E-state index contributed by atoms with van der Waals surface area (Å²) in [4.78, 5) is 17.5. The van der Waals surface area contributed by atoms with Crippen LogP contribution in [0.25, 0.3) is 33.1 Å². The molecule has 5 rings (SSSR count). The molecule has 10 heteroatoms. The van der Waals surface area contributed by atoms with Crippen LogP contribution in [0.4, 0.5) is 5.82 Å². The highest BCUT2D eigenvalue weighted by Crippen LogP contribution is 2.40. The van der Waals surface area contributed by atoms with Gasteiger partial charge in [0.15, 0.2) is 0 Å². The van der Waals surface area contributed by atoms with E-state index in [0.717, 1.165) is 57.4 Å². The molecule has 3 aromatic heterocycles.